The van der Waals surface area contributed by atoms with Crippen molar-refractivity contribution < 1.29 is 19.8 Å². The number of aromatic nitrogens is 1. The van der Waals surface area contributed by atoms with E-state index in [2.05, 4.69) is 20.8 Å². The van der Waals surface area contributed by atoms with Gasteiger partial charge in [0.2, 0.25) is 0 Å². The zero-order valence-corrected chi connectivity index (χ0v) is 19.4. The van der Waals surface area contributed by atoms with Crippen molar-refractivity contribution in [3.05, 3.63) is 58.1 Å². The van der Waals surface area contributed by atoms with E-state index in [0.29, 0.717) is 21.1 Å². The summed E-state index contributed by atoms with van der Waals surface area (Å²) in [6, 6.07) is 10.6. The molecular formula is C24H23N5O4S. The molecule has 9 nitrogen and oxygen atoms in total. The van der Waals surface area contributed by atoms with Crippen LogP contribution in [0, 0.1) is 12.3 Å². The summed E-state index contributed by atoms with van der Waals surface area (Å²) in [5.74, 6) is -1.88. The summed E-state index contributed by atoms with van der Waals surface area (Å²) in [5, 5.41) is 35.1. The van der Waals surface area contributed by atoms with Gasteiger partial charge < -0.3 is 20.9 Å². The molecule has 1 amide bonds. The van der Waals surface area contributed by atoms with Crippen molar-refractivity contribution in [3.63, 3.8) is 0 Å². The Morgan fingerprint density at radius 3 is 2.65 bits per heavy atom. The first-order valence-corrected chi connectivity index (χ1v) is 11.4. The number of carboxylic acids is 1. The minimum absolute atomic E-state index is 0.0524. The van der Waals surface area contributed by atoms with Crippen molar-refractivity contribution in [1.29, 1.82) is 5.41 Å². The Bertz CT molecular complexity index is 1350. The maximum Gasteiger partial charge on any atom is 0.355 e. The Kier molecular flexibility index (Phi) is 6.42. The van der Waals surface area contributed by atoms with Gasteiger partial charge in [-0.1, -0.05) is 12.1 Å². The quantitative estimate of drug-likeness (QED) is 0.193. The Morgan fingerprint density at radius 1 is 1.18 bits per heavy atom. The number of phenolic OH excluding ortho intramolecular Hbond substituents is 1. The third-order valence-electron chi connectivity index (χ3n) is 5.48. The lowest BCUT2D eigenvalue weighted by atomic mass is 10.1. The highest BCUT2D eigenvalue weighted by atomic mass is 32.1. The number of nitrogens with zero attached hydrogens (tertiary/aromatic N) is 2. The molecule has 0 atom stereocenters. The second kappa shape index (κ2) is 9.44. The summed E-state index contributed by atoms with van der Waals surface area (Å²) in [6.07, 6.45) is 3.12. The zero-order valence-electron chi connectivity index (χ0n) is 18.6. The molecule has 4 rings (SSSR count). The number of carbonyl (C=O) groups excluding carboxylic acids is 1. The van der Waals surface area contributed by atoms with Gasteiger partial charge in [-0.3, -0.25) is 10.2 Å². The lowest BCUT2D eigenvalue weighted by Gasteiger charge is -2.11. The standard InChI is InChI=1S/C24H23N5O4S/c1-12(25)19(22(31)26-16-10-9-14-5-3-6-15(14)11-16)29-28-18-8-4-7-17(21(18)30)23-27-20(24(32)33)13(2)34-23/h4,7-11,25,28,30H,3,5-6H2,1-2H3,(H,26,31)(H,32,33)/b25-12?,29-19-. The van der Waals surface area contributed by atoms with Crippen LogP contribution in [0.3, 0.4) is 0 Å². The van der Waals surface area contributed by atoms with E-state index in [1.54, 1.807) is 25.1 Å². The van der Waals surface area contributed by atoms with Crippen LogP contribution in [0.5, 0.6) is 5.75 Å². The van der Waals surface area contributed by atoms with Crippen molar-refractivity contribution >= 4 is 46.0 Å². The van der Waals surface area contributed by atoms with Crippen LogP contribution in [0.2, 0.25) is 0 Å². The van der Waals surface area contributed by atoms with E-state index >= 15 is 0 Å². The fourth-order valence-corrected chi connectivity index (χ4v) is 4.71. The van der Waals surface area contributed by atoms with Crippen molar-refractivity contribution in [1.82, 2.24) is 4.98 Å². The minimum atomic E-state index is -1.14. The molecule has 5 N–H and O–H groups in total. The normalized spacial score (nSPS) is 12.8. The maximum atomic E-state index is 12.8. The molecule has 1 heterocycles. The number of carboxylic acid groups (broad SMARTS) is 1. The molecule has 0 unspecified atom stereocenters. The third kappa shape index (κ3) is 4.67. The summed E-state index contributed by atoms with van der Waals surface area (Å²) in [7, 11) is 0. The number of aryl methyl sites for hydroxylation is 3. The summed E-state index contributed by atoms with van der Waals surface area (Å²) in [5.41, 5.74) is 6.05. The number of benzene rings is 2. The van der Waals surface area contributed by atoms with Crippen molar-refractivity contribution in [2.75, 3.05) is 10.7 Å². The van der Waals surface area contributed by atoms with E-state index in [1.165, 1.54) is 18.1 Å². The summed E-state index contributed by atoms with van der Waals surface area (Å²) < 4.78 is 0. The highest BCUT2D eigenvalue weighted by Crippen LogP contribution is 2.38. The van der Waals surface area contributed by atoms with E-state index in [0.717, 1.165) is 30.6 Å². The number of amides is 1. The molecule has 2 aromatic carbocycles. The first-order valence-electron chi connectivity index (χ1n) is 10.6. The number of hydrazone groups is 1. The number of aromatic carboxylic acids is 1. The fourth-order valence-electron chi connectivity index (χ4n) is 3.78. The first kappa shape index (κ1) is 23.1. The zero-order chi connectivity index (χ0) is 24.4. The number of rotatable bonds is 7. The van der Waals surface area contributed by atoms with Crippen LogP contribution in [0.1, 0.15) is 39.8 Å². The first-order chi connectivity index (χ1) is 16.2. The number of phenols is 1. The molecule has 34 heavy (non-hydrogen) atoms. The Hall–Kier alpha value is -4.05. The third-order valence-corrected chi connectivity index (χ3v) is 6.48. The van der Waals surface area contributed by atoms with Crippen LogP contribution in [0.25, 0.3) is 10.6 Å². The van der Waals surface area contributed by atoms with Crippen LogP contribution in [-0.4, -0.2) is 38.5 Å². The number of hydrogen-bond donors (Lipinski definition) is 5. The molecule has 0 bridgehead atoms. The van der Waals surface area contributed by atoms with E-state index in [9.17, 15) is 19.8 Å². The smallest absolute Gasteiger partial charge is 0.355 e. The Labute approximate surface area is 199 Å². The number of hydrogen-bond acceptors (Lipinski definition) is 8. The second-order valence-corrected chi connectivity index (χ2v) is 9.12. The van der Waals surface area contributed by atoms with Gasteiger partial charge in [0.1, 0.15) is 5.01 Å². The number of aromatic hydroxyl groups is 1. The number of carbonyl (C=O) groups is 2. The predicted molar refractivity (Wildman–Crippen MR) is 132 cm³/mol. The van der Waals surface area contributed by atoms with Gasteiger partial charge in [0, 0.05) is 10.6 Å². The van der Waals surface area contributed by atoms with E-state index in [-0.39, 0.29) is 28.6 Å². The predicted octanol–water partition coefficient (Wildman–Crippen LogP) is 4.46. The molecule has 0 saturated heterocycles. The molecule has 1 aliphatic carbocycles. The molecule has 0 saturated carbocycles. The number of fused-ring (bicyclic) bond motifs is 1. The summed E-state index contributed by atoms with van der Waals surface area (Å²) in [6.45, 7) is 3.09. The van der Waals surface area contributed by atoms with Crippen LogP contribution in [0.4, 0.5) is 11.4 Å². The topological polar surface area (TPSA) is 148 Å². The van der Waals surface area contributed by atoms with Crippen LogP contribution < -0.4 is 10.7 Å². The lowest BCUT2D eigenvalue weighted by Crippen LogP contribution is -2.29. The minimum Gasteiger partial charge on any atom is -0.505 e. The van der Waals surface area contributed by atoms with Gasteiger partial charge in [-0.05, 0) is 68.5 Å². The molecule has 1 aromatic heterocycles. The molecular weight excluding hydrogens is 454 g/mol. The van der Waals surface area contributed by atoms with Gasteiger partial charge >= 0.3 is 5.97 Å². The molecule has 0 radical (unpaired) electrons. The van der Waals surface area contributed by atoms with Gasteiger partial charge in [0.15, 0.2) is 17.2 Å². The van der Waals surface area contributed by atoms with Crippen LogP contribution in [-0.2, 0) is 17.6 Å². The SMILES string of the molecule is CC(=N)/C(=N/Nc1cccc(-c2nc(C(=O)O)c(C)s2)c1O)C(=O)Nc1ccc2c(c1)CCC2. The number of thiazole rings is 1. The van der Waals surface area contributed by atoms with Gasteiger partial charge in [0.25, 0.3) is 5.91 Å². The van der Waals surface area contributed by atoms with Gasteiger partial charge in [-0.2, -0.15) is 5.10 Å². The van der Waals surface area contributed by atoms with Gasteiger partial charge in [-0.25, -0.2) is 9.78 Å². The second-order valence-electron chi connectivity index (χ2n) is 7.92. The molecule has 3 aromatic rings. The Balaban J connectivity index is 1.56. The number of anilines is 2. The van der Waals surface area contributed by atoms with Crippen molar-refractivity contribution in [3.8, 4) is 16.3 Å². The largest absolute Gasteiger partial charge is 0.505 e. The van der Waals surface area contributed by atoms with Crippen molar-refractivity contribution in [2.45, 2.75) is 33.1 Å². The average Bonchev–Trinajstić information content (AvgIpc) is 3.40. The lowest BCUT2D eigenvalue weighted by molar-refractivity contribution is -0.110. The van der Waals surface area contributed by atoms with Gasteiger partial charge in [-0.15, -0.1) is 11.3 Å². The van der Waals surface area contributed by atoms with Gasteiger partial charge in [0.05, 0.1) is 17.0 Å². The fraction of sp³-hybridized carbons (Fsp3) is 0.208. The van der Waals surface area contributed by atoms with Crippen molar-refractivity contribution in [2.24, 2.45) is 5.10 Å². The Morgan fingerprint density at radius 2 is 1.94 bits per heavy atom. The highest BCUT2D eigenvalue weighted by molar-refractivity contribution is 7.15. The molecule has 0 aliphatic heterocycles. The van der Waals surface area contributed by atoms with E-state index in [4.69, 9.17) is 5.41 Å². The molecule has 0 spiro atoms. The highest BCUT2D eigenvalue weighted by Gasteiger charge is 2.20. The van der Waals surface area contributed by atoms with Crippen LogP contribution in [0.15, 0.2) is 41.5 Å². The molecule has 0 fully saturated rings. The summed E-state index contributed by atoms with van der Waals surface area (Å²) in [4.78, 5) is 28.7. The van der Waals surface area contributed by atoms with E-state index in [1.807, 2.05) is 18.2 Å². The monoisotopic (exact) mass is 477 g/mol. The van der Waals surface area contributed by atoms with Crippen LogP contribution >= 0.6 is 11.3 Å². The van der Waals surface area contributed by atoms with E-state index < -0.39 is 11.9 Å². The molecule has 1 aliphatic rings. The maximum absolute atomic E-state index is 12.8. The number of para-hydroxylation sites is 1. The number of nitrogens with one attached hydrogen (secondary N) is 3. The molecule has 174 valence electrons. The average molecular weight is 478 g/mol. The summed E-state index contributed by atoms with van der Waals surface area (Å²) >= 11 is 1.15. The molecule has 10 heteroatoms.